The molecule has 34 heavy (non-hydrogen) atoms. The number of nitrogens with one attached hydrogen (secondary N) is 1. The molecule has 0 bridgehead atoms. The normalized spacial score (nSPS) is 15.0. The first-order valence-corrected chi connectivity index (χ1v) is 11.3. The largest absolute Gasteiger partial charge is 0.433 e. The number of halogens is 3. The highest BCUT2D eigenvalue weighted by atomic mass is 19.4. The first-order chi connectivity index (χ1) is 16.3. The Labute approximate surface area is 195 Å². The van der Waals surface area contributed by atoms with E-state index in [1.807, 2.05) is 0 Å². The van der Waals surface area contributed by atoms with Crippen molar-refractivity contribution in [1.82, 2.24) is 24.6 Å². The highest BCUT2D eigenvalue weighted by Crippen LogP contribution is 2.28. The van der Waals surface area contributed by atoms with Gasteiger partial charge in [0, 0.05) is 44.4 Å². The first kappa shape index (κ1) is 23.7. The Balaban J connectivity index is 1.14. The van der Waals surface area contributed by atoms with Crippen molar-refractivity contribution in [3.8, 4) is 0 Å². The minimum atomic E-state index is -4.52. The smallest absolute Gasteiger partial charge is 0.352 e. The van der Waals surface area contributed by atoms with E-state index in [4.69, 9.17) is 0 Å². The highest BCUT2D eigenvalue weighted by molar-refractivity contribution is 5.94. The number of imidazole rings is 1. The van der Waals surface area contributed by atoms with Crippen LogP contribution in [0.1, 0.15) is 58.5 Å². The quantitative estimate of drug-likeness (QED) is 0.522. The van der Waals surface area contributed by atoms with E-state index in [1.165, 1.54) is 6.07 Å². The standard InChI is InChI=1S/C24H26F3N5O2/c25-24(26,27)20-6-4-18(15-30-20)23(34)31-12-8-17(9-13-31)3-1-2-10-29-22(33)19-5-7-21-28-11-14-32(21)16-19/h4-7,11,14-17H,1-3,8-10,12-13H2,(H,29,33). The summed E-state index contributed by atoms with van der Waals surface area (Å²) in [6.07, 6.45) is 6.30. The van der Waals surface area contributed by atoms with Gasteiger partial charge in [-0.3, -0.25) is 14.6 Å². The molecule has 1 fully saturated rings. The van der Waals surface area contributed by atoms with Crippen molar-refractivity contribution in [2.45, 2.75) is 38.3 Å². The van der Waals surface area contributed by atoms with Crippen molar-refractivity contribution in [3.05, 3.63) is 65.9 Å². The number of unbranched alkanes of at least 4 members (excludes halogenated alkanes) is 1. The van der Waals surface area contributed by atoms with Crippen LogP contribution in [0.25, 0.3) is 5.65 Å². The number of alkyl halides is 3. The van der Waals surface area contributed by atoms with E-state index in [2.05, 4.69) is 15.3 Å². The number of amides is 2. The van der Waals surface area contributed by atoms with Crippen molar-refractivity contribution in [1.29, 1.82) is 0 Å². The SMILES string of the molecule is O=C(NCCCCC1CCN(C(=O)c2ccc(C(F)(F)F)nc2)CC1)c1ccc2nccn2c1. The van der Waals surface area contributed by atoms with Crippen LogP contribution in [0, 0.1) is 5.92 Å². The summed E-state index contributed by atoms with van der Waals surface area (Å²) >= 11 is 0. The van der Waals surface area contributed by atoms with Crippen molar-refractivity contribution in [3.63, 3.8) is 0 Å². The van der Waals surface area contributed by atoms with Crippen molar-refractivity contribution in [2.24, 2.45) is 5.92 Å². The van der Waals surface area contributed by atoms with Crippen LogP contribution >= 0.6 is 0 Å². The van der Waals surface area contributed by atoms with Crippen LogP contribution in [0.4, 0.5) is 13.2 Å². The van der Waals surface area contributed by atoms with Crippen LogP contribution in [0.3, 0.4) is 0 Å². The lowest BCUT2D eigenvalue weighted by Gasteiger charge is -2.32. The van der Waals surface area contributed by atoms with Gasteiger partial charge in [0.1, 0.15) is 11.3 Å². The Morgan fingerprint density at radius 2 is 1.79 bits per heavy atom. The average molecular weight is 473 g/mol. The summed E-state index contributed by atoms with van der Waals surface area (Å²) in [6.45, 7) is 1.76. The fraction of sp³-hybridized carbons (Fsp3) is 0.417. The number of aromatic nitrogens is 3. The Kier molecular flexibility index (Phi) is 7.14. The van der Waals surface area contributed by atoms with Crippen molar-refractivity contribution in [2.75, 3.05) is 19.6 Å². The molecule has 0 radical (unpaired) electrons. The zero-order chi connectivity index (χ0) is 24.1. The summed E-state index contributed by atoms with van der Waals surface area (Å²) in [5, 5.41) is 2.95. The number of piperidine rings is 1. The number of pyridine rings is 2. The predicted octanol–water partition coefficient (Wildman–Crippen LogP) is 4.20. The lowest BCUT2D eigenvalue weighted by atomic mass is 9.91. The summed E-state index contributed by atoms with van der Waals surface area (Å²) in [5.41, 5.74) is 0.554. The van der Waals surface area contributed by atoms with Crippen LogP contribution in [-0.4, -0.2) is 50.7 Å². The van der Waals surface area contributed by atoms with Gasteiger partial charge in [-0.25, -0.2) is 4.98 Å². The fourth-order valence-electron chi connectivity index (χ4n) is 4.21. The second kappa shape index (κ2) is 10.2. The average Bonchev–Trinajstić information content (AvgIpc) is 3.31. The summed E-state index contributed by atoms with van der Waals surface area (Å²) in [4.78, 5) is 34.1. The van der Waals surface area contributed by atoms with E-state index in [0.29, 0.717) is 31.1 Å². The molecule has 1 N–H and O–H groups in total. The molecule has 4 heterocycles. The topological polar surface area (TPSA) is 79.6 Å². The molecule has 3 aromatic heterocycles. The molecule has 0 aliphatic carbocycles. The molecule has 0 saturated carbocycles. The van der Waals surface area contributed by atoms with E-state index in [9.17, 15) is 22.8 Å². The zero-order valence-corrected chi connectivity index (χ0v) is 18.6. The number of carbonyl (C=O) groups excluding carboxylic acids is 2. The van der Waals surface area contributed by atoms with E-state index >= 15 is 0 Å². The van der Waals surface area contributed by atoms with Gasteiger partial charge in [-0.1, -0.05) is 12.8 Å². The second-order valence-electron chi connectivity index (χ2n) is 8.53. The highest BCUT2D eigenvalue weighted by Gasteiger charge is 2.32. The molecular weight excluding hydrogens is 447 g/mol. The molecule has 180 valence electrons. The number of likely N-dealkylation sites (tertiary alicyclic amines) is 1. The van der Waals surface area contributed by atoms with Gasteiger partial charge in [-0.15, -0.1) is 0 Å². The number of hydrogen-bond donors (Lipinski definition) is 1. The molecule has 2 amide bonds. The van der Waals surface area contributed by atoms with Crippen LogP contribution in [0.2, 0.25) is 0 Å². The fourth-order valence-corrected chi connectivity index (χ4v) is 4.21. The lowest BCUT2D eigenvalue weighted by molar-refractivity contribution is -0.141. The summed E-state index contributed by atoms with van der Waals surface area (Å²) < 4.78 is 39.7. The molecular formula is C24H26F3N5O2. The van der Waals surface area contributed by atoms with Gasteiger partial charge in [0.05, 0.1) is 11.1 Å². The summed E-state index contributed by atoms with van der Waals surface area (Å²) in [7, 11) is 0. The molecule has 1 aliphatic heterocycles. The summed E-state index contributed by atoms with van der Waals surface area (Å²) in [5.74, 6) is 0.102. The van der Waals surface area contributed by atoms with Crippen LogP contribution in [0.15, 0.2) is 49.1 Å². The number of nitrogens with zero attached hydrogens (tertiary/aromatic N) is 4. The molecule has 3 aromatic rings. The summed E-state index contributed by atoms with van der Waals surface area (Å²) in [6, 6.07) is 5.59. The Bertz CT molecular complexity index is 1140. The zero-order valence-electron chi connectivity index (χ0n) is 18.6. The Hall–Kier alpha value is -3.43. The van der Waals surface area contributed by atoms with Gasteiger partial charge in [0.2, 0.25) is 0 Å². The second-order valence-corrected chi connectivity index (χ2v) is 8.53. The van der Waals surface area contributed by atoms with Crippen molar-refractivity contribution < 1.29 is 22.8 Å². The maximum atomic E-state index is 12.6. The van der Waals surface area contributed by atoms with Gasteiger partial charge >= 0.3 is 6.18 Å². The maximum absolute atomic E-state index is 12.6. The number of carbonyl (C=O) groups is 2. The molecule has 0 aromatic carbocycles. The molecule has 0 atom stereocenters. The third-order valence-corrected chi connectivity index (χ3v) is 6.18. The van der Waals surface area contributed by atoms with Gasteiger partial charge < -0.3 is 14.6 Å². The first-order valence-electron chi connectivity index (χ1n) is 11.3. The van der Waals surface area contributed by atoms with E-state index in [1.54, 1.807) is 40.0 Å². The Morgan fingerprint density at radius 3 is 2.50 bits per heavy atom. The predicted molar refractivity (Wildman–Crippen MR) is 119 cm³/mol. The van der Waals surface area contributed by atoms with E-state index in [-0.39, 0.29) is 17.4 Å². The number of rotatable bonds is 7. The molecule has 0 unspecified atom stereocenters. The van der Waals surface area contributed by atoms with Crippen LogP contribution in [0.5, 0.6) is 0 Å². The molecule has 1 saturated heterocycles. The molecule has 10 heteroatoms. The monoisotopic (exact) mass is 473 g/mol. The van der Waals surface area contributed by atoms with Gasteiger partial charge in [-0.05, 0) is 49.4 Å². The van der Waals surface area contributed by atoms with E-state index < -0.39 is 11.9 Å². The minimum Gasteiger partial charge on any atom is -0.352 e. The minimum absolute atomic E-state index is 0.111. The molecule has 0 spiro atoms. The molecule has 7 nitrogen and oxygen atoms in total. The Morgan fingerprint density at radius 1 is 1.03 bits per heavy atom. The van der Waals surface area contributed by atoms with Crippen LogP contribution in [-0.2, 0) is 6.18 Å². The molecule has 1 aliphatic rings. The van der Waals surface area contributed by atoms with Gasteiger partial charge in [0.25, 0.3) is 11.8 Å². The molecule has 4 rings (SSSR count). The number of hydrogen-bond acceptors (Lipinski definition) is 4. The third kappa shape index (κ3) is 5.73. The third-order valence-electron chi connectivity index (χ3n) is 6.18. The lowest BCUT2D eigenvalue weighted by Crippen LogP contribution is -2.38. The van der Waals surface area contributed by atoms with Gasteiger partial charge in [-0.2, -0.15) is 13.2 Å². The maximum Gasteiger partial charge on any atom is 0.433 e. The van der Waals surface area contributed by atoms with E-state index in [0.717, 1.165) is 50.0 Å². The number of fused-ring (bicyclic) bond motifs is 1. The van der Waals surface area contributed by atoms with Crippen molar-refractivity contribution >= 4 is 17.5 Å². The van der Waals surface area contributed by atoms with Crippen LogP contribution < -0.4 is 5.32 Å². The van der Waals surface area contributed by atoms with Gasteiger partial charge in [0.15, 0.2) is 0 Å².